The molecule has 86 valence electrons. The van der Waals surface area contributed by atoms with Crippen LogP contribution < -0.4 is 4.90 Å². The van der Waals surface area contributed by atoms with Crippen molar-refractivity contribution in [3.8, 4) is 0 Å². The molecule has 4 heteroatoms. The minimum atomic E-state index is -0.224. The van der Waals surface area contributed by atoms with E-state index in [0.717, 1.165) is 30.0 Å². The van der Waals surface area contributed by atoms with Crippen LogP contribution in [-0.4, -0.2) is 11.5 Å². The molecule has 0 radical (unpaired) electrons. The highest BCUT2D eigenvalue weighted by molar-refractivity contribution is 6.29. The third-order valence-corrected chi connectivity index (χ3v) is 3.13. The van der Waals surface area contributed by atoms with Gasteiger partial charge < -0.3 is 4.90 Å². The minimum Gasteiger partial charge on any atom is -0.326 e. The standard InChI is InChI=1S/C13H10ClFN2/c14-12-2-1-3-13(16-12)17-7-6-9-4-5-10(15)8-11(9)17/h1-5,8H,6-7H2. The van der Waals surface area contributed by atoms with E-state index in [2.05, 4.69) is 4.98 Å². The molecular weight excluding hydrogens is 239 g/mol. The van der Waals surface area contributed by atoms with Gasteiger partial charge in [0, 0.05) is 12.2 Å². The van der Waals surface area contributed by atoms with E-state index in [9.17, 15) is 4.39 Å². The second-order valence-electron chi connectivity index (χ2n) is 3.99. The van der Waals surface area contributed by atoms with Gasteiger partial charge in [-0.2, -0.15) is 0 Å². The minimum absolute atomic E-state index is 0.224. The van der Waals surface area contributed by atoms with E-state index in [1.807, 2.05) is 23.1 Å². The Bertz CT molecular complexity index is 571. The second kappa shape index (κ2) is 4.00. The van der Waals surface area contributed by atoms with Gasteiger partial charge in [-0.15, -0.1) is 0 Å². The van der Waals surface area contributed by atoms with Gasteiger partial charge in [0.25, 0.3) is 0 Å². The molecule has 0 N–H and O–H groups in total. The molecule has 0 unspecified atom stereocenters. The number of benzene rings is 1. The van der Waals surface area contributed by atoms with Gasteiger partial charge in [0.05, 0.1) is 0 Å². The Morgan fingerprint density at radius 1 is 1.24 bits per heavy atom. The van der Waals surface area contributed by atoms with E-state index in [1.54, 1.807) is 12.1 Å². The third kappa shape index (κ3) is 1.87. The Labute approximate surface area is 104 Å². The van der Waals surface area contributed by atoms with Gasteiger partial charge in [-0.3, -0.25) is 0 Å². The van der Waals surface area contributed by atoms with E-state index in [-0.39, 0.29) is 5.82 Å². The van der Waals surface area contributed by atoms with Crippen molar-refractivity contribution >= 4 is 23.1 Å². The van der Waals surface area contributed by atoms with Crippen LogP contribution in [0.4, 0.5) is 15.9 Å². The van der Waals surface area contributed by atoms with E-state index in [4.69, 9.17) is 11.6 Å². The molecule has 1 aromatic heterocycles. The summed E-state index contributed by atoms with van der Waals surface area (Å²) in [5.74, 6) is 0.541. The van der Waals surface area contributed by atoms with Crippen LogP contribution in [0.2, 0.25) is 5.15 Å². The monoisotopic (exact) mass is 248 g/mol. The molecule has 1 aromatic carbocycles. The fraction of sp³-hybridized carbons (Fsp3) is 0.154. The Morgan fingerprint density at radius 3 is 2.94 bits per heavy atom. The quantitative estimate of drug-likeness (QED) is 0.718. The molecular formula is C13H10ClFN2. The zero-order valence-electron chi connectivity index (χ0n) is 9.03. The number of hydrogen-bond acceptors (Lipinski definition) is 2. The molecule has 1 aliphatic rings. The summed E-state index contributed by atoms with van der Waals surface area (Å²) in [4.78, 5) is 6.24. The average Bonchev–Trinajstić information content (AvgIpc) is 2.71. The van der Waals surface area contributed by atoms with Crippen LogP contribution in [0, 0.1) is 5.82 Å². The van der Waals surface area contributed by atoms with Crippen molar-refractivity contribution in [3.63, 3.8) is 0 Å². The largest absolute Gasteiger partial charge is 0.326 e. The fourth-order valence-electron chi connectivity index (χ4n) is 2.14. The van der Waals surface area contributed by atoms with Crippen molar-refractivity contribution in [2.75, 3.05) is 11.4 Å². The lowest BCUT2D eigenvalue weighted by molar-refractivity contribution is 0.628. The zero-order valence-corrected chi connectivity index (χ0v) is 9.78. The molecule has 0 aliphatic carbocycles. The number of pyridine rings is 1. The molecule has 2 heterocycles. The fourth-order valence-corrected chi connectivity index (χ4v) is 2.30. The number of nitrogens with zero attached hydrogens (tertiary/aromatic N) is 2. The number of anilines is 2. The Kier molecular flexibility index (Phi) is 2.48. The summed E-state index contributed by atoms with van der Waals surface area (Å²) < 4.78 is 13.3. The van der Waals surface area contributed by atoms with Crippen molar-refractivity contribution in [2.45, 2.75) is 6.42 Å². The van der Waals surface area contributed by atoms with E-state index >= 15 is 0 Å². The number of rotatable bonds is 1. The van der Waals surface area contributed by atoms with Crippen LogP contribution in [0.3, 0.4) is 0 Å². The van der Waals surface area contributed by atoms with Gasteiger partial charge in [0.2, 0.25) is 0 Å². The van der Waals surface area contributed by atoms with Crippen LogP contribution in [0.15, 0.2) is 36.4 Å². The van der Waals surface area contributed by atoms with Gasteiger partial charge in [0.15, 0.2) is 0 Å². The highest BCUT2D eigenvalue weighted by Crippen LogP contribution is 2.34. The zero-order chi connectivity index (χ0) is 11.8. The van der Waals surface area contributed by atoms with Crippen molar-refractivity contribution in [3.05, 3.63) is 52.9 Å². The third-order valence-electron chi connectivity index (χ3n) is 2.92. The molecule has 0 amide bonds. The van der Waals surface area contributed by atoms with Gasteiger partial charge in [-0.05, 0) is 36.2 Å². The number of halogens is 2. The lowest BCUT2D eigenvalue weighted by atomic mass is 10.2. The van der Waals surface area contributed by atoms with Crippen LogP contribution in [0.1, 0.15) is 5.56 Å². The first-order chi connectivity index (χ1) is 8.24. The van der Waals surface area contributed by atoms with Crippen LogP contribution in [0.5, 0.6) is 0 Å². The number of aromatic nitrogens is 1. The second-order valence-corrected chi connectivity index (χ2v) is 4.38. The van der Waals surface area contributed by atoms with Gasteiger partial charge in [0.1, 0.15) is 16.8 Å². The first-order valence-electron chi connectivity index (χ1n) is 5.42. The maximum absolute atomic E-state index is 13.3. The summed E-state index contributed by atoms with van der Waals surface area (Å²) in [6, 6.07) is 10.3. The normalized spacial score (nSPS) is 13.9. The number of hydrogen-bond donors (Lipinski definition) is 0. The summed E-state index contributed by atoms with van der Waals surface area (Å²) in [5, 5.41) is 0.451. The topological polar surface area (TPSA) is 16.1 Å². The van der Waals surface area contributed by atoms with E-state index < -0.39 is 0 Å². The van der Waals surface area contributed by atoms with Crippen LogP contribution in [0.25, 0.3) is 0 Å². The maximum atomic E-state index is 13.3. The van der Waals surface area contributed by atoms with Crippen LogP contribution >= 0.6 is 11.6 Å². The molecule has 0 bridgehead atoms. The van der Waals surface area contributed by atoms with E-state index in [0.29, 0.717) is 5.15 Å². The Hall–Kier alpha value is -1.61. The maximum Gasteiger partial charge on any atom is 0.134 e. The molecule has 0 spiro atoms. The van der Waals surface area contributed by atoms with Gasteiger partial charge in [-0.1, -0.05) is 23.7 Å². The summed E-state index contributed by atoms with van der Waals surface area (Å²) in [5.41, 5.74) is 2.04. The predicted octanol–water partition coefficient (Wildman–Crippen LogP) is 3.57. The molecule has 2 aromatic rings. The summed E-state index contributed by atoms with van der Waals surface area (Å²) >= 11 is 5.87. The van der Waals surface area contributed by atoms with Crippen molar-refractivity contribution < 1.29 is 4.39 Å². The molecule has 0 fully saturated rings. The Morgan fingerprint density at radius 2 is 2.12 bits per heavy atom. The predicted molar refractivity (Wildman–Crippen MR) is 66.4 cm³/mol. The molecule has 0 saturated heterocycles. The molecule has 2 nitrogen and oxygen atoms in total. The van der Waals surface area contributed by atoms with Crippen molar-refractivity contribution in [1.29, 1.82) is 0 Å². The molecule has 17 heavy (non-hydrogen) atoms. The highest BCUT2D eigenvalue weighted by Gasteiger charge is 2.21. The van der Waals surface area contributed by atoms with Gasteiger partial charge in [-0.25, -0.2) is 9.37 Å². The molecule has 1 aliphatic heterocycles. The average molecular weight is 249 g/mol. The lowest BCUT2D eigenvalue weighted by Crippen LogP contribution is -2.14. The van der Waals surface area contributed by atoms with E-state index in [1.165, 1.54) is 6.07 Å². The first-order valence-corrected chi connectivity index (χ1v) is 5.80. The highest BCUT2D eigenvalue weighted by atomic mass is 35.5. The molecule has 3 rings (SSSR count). The smallest absolute Gasteiger partial charge is 0.134 e. The van der Waals surface area contributed by atoms with Gasteiger partial charge >= 0.3 is 0 Å². The SMILES string of the molecule is Fc1ccc2c(c1)N(c1cccc(Cl)n1)CC2. The summed E-state index contributed by atoms with van der Waals surface area (Å²) in [6.45, 7) is 0.812. The summed E-state index contributed by atoms with van der Waals surface area (Å²) in [6.07, 6.45) is 0.907. The Balaban J connectivity index is 2.06. The van der Waals surface area contributed by atoms with Crippen molar-refractivity contribution in [1.82, 2.24) is 4.98 Å². The molecule has 0 saturated carbocycles. The lowest BCUT2D eigenvalue weighted by Gasteiger charge is -2.18. The first kappa shape index (κ1) is 10.5. The van der Waals surface area contributed by atoms with Crippen molar-refractivity contribution in [2.24, 2.45) is 0 Å². The summed E-state index contributed by atoms with van der Waals surface area (Å²) in [7, 11) is 0. The molecule has 0 atom stereocenters. The number of fused-ring (bicyclic) bond motifs is 1. The van der Waals surface area contributed by atoms with Crippen LogP contribution in [-0.2, 0) is 6.42 Å².